The Labute approximate surface area is 237 Å². The van der Waals surface area contributed by atoms with Gasteiger partial charge in [0, 0.05) is 31.9 Å². The van der Waals surface area contributed by atoms with Gasteiger partial charge in [-0.2, -0.15) is 5.26 Å². The van der Waals surface area contributed by atoms with Crippen LogP contribution < -0.4 is 10.6 Å². The number of esters is 1. The fourth-order valence-corrected chi connectivity index (χ4v) is 4.95. The van der Waals surface area contributed by atoms with Gasteiger partial charge >= 0.3 is 12.1 Å². The molecule has 3 N–H and O–H groups in total. The molecule has 1 amide bonds. The molecule has 0 aliphatic carbocycles. The molecule has 1 aliphatic rings. The lowest BCUT2D eigenvalue weighted by molar-refractivity contribution is -0.142. The van der Waals surface area contributed by atoms with E-state index in [-0.39, 0.29) is 42.3 Å². The summed E-state index contributed by atoms with van der Waals surface area (Å²) < 4.78 is 5.74. The van der Waals surface area contributed by atoms with Crippen LogP contribution in [-0.4, -0.2) is 81.8 Å². The minimum absolute atomic E-state index is 0. The highest BCUT2D eigenvalue weighted by Crippen LogP contribution is 2.32. The van der Waals surface area contributed by atoms with Crippen molar-refractivity contribution < 1.29 is 24.2 Å². The Morgan fingerprint density at radius 2 is 1.95 bits per heavy atom. The van der Waals surface area contributed by atoms with E-state index < -0.39 is 18.1 Å². The van der Waals surface area contributed by atoms with E-state index in [1.54, 1.807) is 23.1 Å². The van der Waals surface area contributed by atoms with Gasteiger partial charge in [0.1, 0.15) is 18.3 Å². The first kappa shape index (κ1) is 30.3. The average molecular weight is 570 g/mol. The van der Waals surface area contributed by atoms with Crippen molar-refractivity contribution in [1.29, 1.82) is 5.26 Å². The van der Waals surface area contributed by atoms with Crippen molar-refractivity contribution in [3.8, 4) is 17.5 Å². The number of carbonyl (C=O) groups is 3. The van der Waals surface area contributed by atoms with Gasteiger partial charge < -0.3 is 25.4 Å². The van der Waals surface area contributed by atoms with Crippen molar-refractivity contribution in [2.75, 3.05) is 32.1 Å². The van der Waals surface area contributed by atoms with E-state index in [0.29, 0.717) is 42.1 Å². The predicted octanol–water partition coefficient (Wildman–Crippen LogP) is 2.68. The quantitative estimate of drug-likeness (QED) is 0.403. The number of likely N-dealkylation sites (N-methyl/N-ethyl adjacent to an activating group) is 1. The van der Waals surface area contributed by atoms with Gasteiger partial charge in [0.15, 0.2) is 11.5 Å². The largest absolute Gasteiger partial charge is 0.468 e. The van der Waals surface area contributed by atoms with Gasteiger partial charge in [-0.3, -0.25) is 9.59 Å². The number of likely N-dealkylation sites (tertiary alicyclic amines) is 1. The number of benzene rings is 1. The monoisotopic (exact) mass is 569 g/mol. The first-order chi connectivity index (χ1) is 18.6. The molecule has 1 fully saturated rings. The van der Waals surface area contributed by atoms with E-state index in [0.717, 1.165) is 16.6 Å². The summed E-state index contributed by atoms with van der Waals surface area (Å²) in [7, 11) is 3.16. The summed E-state index contributed by atoms with van der Waals surface area (Å²) in [6.07, 6.45) is 1.15. The molecule has 13 heteroatoms. The number of amides is 1. The molecular formula is C27H32ClN7O5. The summed E-state index contributed by atoms with van der Waals surface area (Å²) in [5.41, 5.74) is 7.60. The molecule has 3 aromatic rings. The minimum Gasteiger partial charge on any atom is -0.468 e. The van der Waals surface area contributed by atoms with Gasteiger partial charge in [-0.05, 0) is 30.4 Å². The topological polar surface area (TPSA) is 168 Å². The van der Waals surface area contributed by atoms with Crippen LogP contribution in [0.4, 0.5) is 10.6 Å². The molecule has 2 aromatic heterocycles. The third kappa shape index (κ3) is 6.16. The van der Waals surface area contributed by atoms with Gasteiger partial charge in [0.2, 0.25) is 5.91 Å². The molecule has 0 saturated carbocycles. The fraction of sp³-hybridized carbons (Fsp3) is 0.407. The standard InChI is InChI=1S/C27H31N7O5.ClH/c1-16-9-12-33(22(35)8-11-28)15-21(16)32(2)24-19-10-13-34(27(37)38)25(19)31-23(30-24)18-6-4-17(5-7-18)14-20(29)26(36)39-3;/h4-7,10,13,16,20-21H,8-9,12,14-15,29H2,1-3H3,(H,37,38);1H/t16-,20+,21+;/m1./s1. The number of hydrogen-bond donors (Lipinski definition) is 2. The summed E-state index contributed by atoms with van der Waals surface area (Å²) in [6, 6.07) is 9.91. The average Bonchev–Trinajstić information content (AvgIpc) is 3.37. The van der Waals surface area contributed by atoms with Crippen molar-refractivity contribution in [2.24, 2.45) is 11.7 Å². The zero-order valence-corrected chi connectivity index (χ0v) is 23.3. The maximum absolute atomic E-state index is 12.4. The Balaban J connectivity index is 0.00000441. The molecule has 1 aliphatic heterocycles. The number of halogens is 1. The second-order valence-electron chi connectivity index (χ2n) is 9.73. The third-order valence-electron chi connectivity index (χ3n) is 7.23. The van der Waals surface area contributed by atoms with E-state index in [2.05, 4.69) is 11.9 Å². The second-order valence-corrected chi connectivity index (χ2v) is 9.73. The van der Waals surface area contributed by atoms with Crippen molar-refractivity contribution in [3.05, 3.63) is 42.1 Å². The lowest BCUT2D eigenvalue weighted by atomic mass is 9.92. The maximum Gasteiger partial charge on any atom is 0.417 e. The lowest BCUT2D eigenvalue weighted by Gasteiger charge is -2.42. The molecule has 0 radical (unpaired) electrons. The van der Waals surface area contributed by atoms with Crippen LogP contribution in [0.5, 0.6) is 0 Å². The Hall–Kier alpha value is -4.21. The van der Waals surface area contributed by atoms with E-state index in [9.17, 15) is 19.5 Å². The third-order valence-corrected chi connectivity index (χ3v) is 7.23. The summed E-state index contributed by atoms with van der Waals surface area (Å²) in [6.45, 7) is 3.11. The Kier molecular flexibility index (Phi) is 9.68. The fourth-order valence-electron chi connectivity index (χ4n) is 4.95. The second kappa shape index (κ2) is 12.8. The molecule has 1 saturated heterocycles. The normalized spacial score (nSPS) is 17.4. The SMILES string of the molecule is COC(=O)[C@@H](N)Cc1ccc(-c2nc(N(C)[C@H]3CN(C(=O)CC#N)CC[C@H]3C)c3ccn(C(=O)O)c3n2)cc1.Cl. The highest BCUT2D eigenvalue weighted by Gasteiger charge is 2.33. The highest BCUT2D eigenvalue weighted by atomic mass is 35.5. The predicted molar refractivity (Wildman–Crippen MR) is 150 cm³/mol. The van der Waals surface area contributed by atoms with Crippen LogP contribution in [0, 0.1) is 17.2 Å². The van der Waals surface area contributed by atoms with Crippen molar-refractivity contribution >= 4 is 47.2 Å². The number of fused-ring (bicyclic) bond motifs is 1. The number of carboxylic acid groups (broad SMARTS) is 1. The molecule has 3 heterocycles. The van der Waals surface area contributed by atoms with Crippen LogP contribution in [0.25, 0.3) is 22.4 Å². The number of aromatic nitrogens is 3. The summed E-state index contributed by atoms with van der Waals surface area (Å²) >= 11 is 0. The highest BCUT2D eigenvalue weighted by molar-refractivity contribution is 5.94. The van der Waals surface area contributed by atoms with Gasteiger partial charge in [-0.25, -0.2) is 19.3 Å². The van der Waals surface area contributed by atoms with Crippen LogP contribution in [-0.2, 0) is 20.7 Å². The first-order valence-electron chi connectivity index (χ1n) is 12.6. The van der Waals surface area contributed by atoms with Crippen LogP contribution in [0.3, 0.4) is 0 Å². The van der Waals surface area contributed by atoms with Crippen LogP contribution in [0.2, 0.25) is 0 Å². The lowest BCUT2D eigenvalue weighted by Crippen LogP contribution is -2.52. The summed E-state index contributed by atoms with van der Waals surface area (Å²) in [5.74, 6) is 0.378. The molecule has 0 spiro atoms. The van der Waals surface area contributed by atoms with Gasteiger partial charge in [-0.15, -0.1) is 12.4 Å². The molecular weight excluding hydrogens is 538 g/mol. The van der Waals surface area contributed by atoms with E-state index >= 15 is 0 Å². The molecule has 40 heavy (non-hydrogen) atoms. The smallest absolute Gasteiger partial charge is 0.417 e. The number of nitrogens with zero attached hydrogens (tertiary/aromatic N) is 6. The maximum atomic E-state index is 12.4. The Morgan fingerprint density at radius 1 is 1.25 bits per heavy atom. The van der Waals surface area contributed by atoms with Crippen molar-refractivity contribution in [1.82, 2.24) is 19.4 Å². The number of nitriles is 1. The van der Waals surface area contributed by atoms with Gasteiger partial charge in [0.25, 0.3) is 0 Å². The number of methoxy groups -OCH3 is 1. The number of anilines is 1. The zero-order valence-electron chi connectivity index (χ0n) is 22.5. The number of piperidine rings is 1. The number of carbonyl (C=O) groups excluding carboxylic acids is 2. The molecule has 212 valence electrons. The Morgan fingerprint density at radius 3 is 2.58 bits per heavy atom. The van der Waals surface area contributed by atoms with Crippen LogP contribution >= 0.6 is 12.4 Å². The van der Waals surface area contributed by atoms with Gasteiger partial charge in [-0.1, -0.05) is 31.2 Å². The van der Waals surface area contributed by atoms with Crippen LogP contribution in [0.15, 0.2) is 36.5 Å². The molecule has 1 aromatic carbocycles. The minimum atomic E-state index is -1.17. The van der Waals surface area contributed by atoms with E-state index in [1.165, 1.54) is 13.3 Å². The first-order valence-corrected chi connectivity index (χ1v) is 12.6. The van der Waals surface area contributed by atoms with E-state index in [1.807, 2.05) is 30.1 Å². The molecule has 3 atom stereocenters. The van der Waals surface area contributed by atoms with Crippen molar-refractivity contribution in [3.63, 3.8) is 0 Å². The van der Waals surface area contributed by atoms with E-state index in [4.69, 9.17) is 20.7 Å². The molecule has 12 nitrogen and oxygen atoms in total. The Bertz CT molecular complexity index is 1440. The summed E-state index contributed by atoms with van der Waals surface area (Å²) in [5, 5.41) is 19.3. The number of rotatable bonds is 7. The molecule has 4 rings (SSSR count). The van der Waals surface area contributed by atoms with Crippen molar-refractivity contribution in [2.45, 2.75) is 38.3 Å². The summed E-state index contributed by atoms with van der Waals surface area (Å²) in [4.78, 5) is 49.2. The van der Waals surface area contributed by atoms with Gasteiger partial charge in [0.05, 0.1) is 24.6 Å². The van der Waals surface area contributed by atoms with Crippen LogP contribution in [0.1, 0.15) is 25.3 Å². The number of hydrogen-bond acceptors (Lipinski definition) is 9. The zero-order chi connectivity index (χ0) is 28.3. The molecule has 0 unspecified atom stereocenters. The number of ether oxygens (including phenoxy) is 1. The molecule has 0 bridgehead atoms. The number of nitrogens with two attached hydrogens (primary N) is 1.